The largest absolute Gasteiger partial charge is 0.338 e. The highest BCUT2D eigenvalue weighted by molar-refractivity contribution is 6.31. The van der Waals surface area contributed by atoms with E-state index in [-0.39, 0.29) is 11.9 Å². The number of carbonyl (C=O) groups excluding carboxylic acids is 1. The fourth-order valence-corrected chi connectivity index (χ4v) is 3.66. The van der Waals surface area contributed by atoms with Gasteiger partial charge in [0.1, 0.15) is 0 Å². The molecule has 0 radical (unpaired) electrons. The Morgan fingerprint density at radius 1 is 1.37 bits per heavy atom. The van der Waals surface area contributed by atoms with E-state index < -0.39 is 0 Å². The molecule has 3 nitrogen and oxygen atoms in total. The average molecular weight is 279 g/mol. The van der Waals surface area contributed by atoms with E-state index in [9.17, 15) is 4.79 Å². The fourth-order valence-electron chi connectivity index (χ4n) is 3.48. The first-order chi connectivity index (χ1) is 9.08. The number of hydrogen-bond acceptors (Lipinski definition) is 2. The first-order valence-electron chi connectivity index (χ1n) is 6.88. The number of likely N-dealkylation sites (tertiary alicyclic amines) is 1. The first kappa shape index (κ1) is 12.9. The fraction of sp³-hybridized carbons (Fsp3) is 0.533. The Morgan fingerprint density at radius 2 is 2.16 bits per heavy atom. The molecule has 4 heteroatoms. The van der Waals surface area contributed by atoms with E-state index in [1.165, 1.54) is 0 Å². The van der Waals surface area contributed by atoms with Crippen LogP contribution in [0.1, 0.15) is 28.8 Å². The van der Waals surface area contributed by atoms with Crippen LogP contribution in [0.3, 0.4) is 0 Å². The molecule has 1 saturated carbocycles. The smallest absolute Gasteiger partial charge is 0.254 e. The summed E-state index contributed by atoms with van der Waals surface area (Å²) in [5.41, 5.74) is 7.71. The van der Waals surface area contributed by atoms with Crippen LogP contribution in [0, 0.1) is 18.8 Å². The van der Waals surface area contributed by atoms with Crippen molar-refractivity contribution in [3.63, 3.8) is 0 Å². The third-order valence-electron chi connectivity index (χ3n) is 4.70. The van der Waals surface area contributed by atoms with Crippen molar-refractivity contribution < 1.29 is 4.79 Å². The van der Waals surface area contributed by atoms with Crippen LogP contribution in [-0.4, -0.2) is 29.9 Å². The number of benzene rings is 1. The number of rotatable bonds is 1. The lowest BCUT2D eigenvalue weighted by Gasteiger charge is -2.20. The van der Waals surface area contributed by atoms with E-state index >= 15 is 0 Å². The molecule has 102 valence electrons. The van der Waals surface area contributed by atoms with Gasteiger partial charge in [0, 0.05) is 29.7 Å². The maximum Gasteiger partial charge on any atom is 0.254 e. The van der Waals surface area contributed by atoms with Gasteiger partial charge in [-0.25, -0.2) is 0 Å². The van der Waals surface area contributed by atoms with Gasteiger partial charge >= 0.3 is 0 Å². The summed E-state index contributed by atoms with van der Waals surface area (Å²) < 4.78 is 0. The van der Waals surface area contributed by atoms with Crippen molar-refractivity contribution in [2.75, 3.05) is 13.1 Å². The van der Waals surface area contributed by atoms with Crippen molar-refractivity contribution in [3.05, 3.63) is 34.3 Å². The first-order valence-corrected chi connectivity index (χ1v) is 7.25. The van der Waals surface area contributed by atoms with Crippen molar-refractivity contribution >= 4 is 17.5 Å². The van der Waals surface area contributed by atoms with Gasteiger partial charge in [0.15, 0.2) is 0 Å². The predicted molar refractivity (Wildman–Crippen MR) is 76.3 cm³/mol. The summed E-state index contributed by atoms with van der Waals surface area (Å²) in [6, 6.07) is 5.79. The van der Waals surface area contributed by atoms with Crippen LogP contribution in [0.25, 0.3) is 0 Å². The second-order valence-electron chi connectivity index (χ2n) is 5.79. The third kappa shape index (κ3) is 2.15. The highest BCUT2D eigenvalue weighted by Gasteiger charge is 2.42. The molecule has 19 heavy (non-hydrogen) atoms. The van der Waals surface area contributed by atoms with Crippen molar-refractivity contribution in [2.24, 2.45) is 17.6 Å². The van der Waals surface area contributed by atoms with Gasteiger partial charge in [0.25, 0.3) is 5.91 Å². The quantitative estimate of drug-likeness (QED) is 0.858. The zero-order chi connectivity index (χ0) is 13.6. The maximum absolute atomic E-state index is 12.6. The van der Waals surface area contributed by atoms with Gasteiger partial charge < -0.3 is 10.6 Å². The number of amides is 1. The Hall–Kier alpha value is -1.06. The molecule has 1 aliphatic carbocycles. The topological polar surface area (TPSA) is 46.3 Å². The van der Waals surface area contributed by atoms with Crippen LogP contribution in [0.15, 0.2) is 18.2 Å². The van der Waals surface area contributed by atoms with Crippen molar-refractivity contribution in [2.45, 2.75) is 25.8 Å². The molecule has 0 aromatic heterocycles. The lowest BCUT2D eigenvalue weighted by molar-refractivity contribution is 0.0779. The van der Waals surface area contributed by atoms with Gasteiger partial charge in [-0.15, -0.1) is 0 Å². The summed E-state index contributed by atoms with van der Waals surface area (Å²) in [5, 5.41) is 0.655. The van der Waals surface area contributed by atoms with Crippen LogP contribution < -0.4 is 5.73 Å². The molecule has 1 aliphatic heterocycles. The number of fused-ring (bicyclic) bond motifs is 1. The summed E-state index contributed by atoms with van der Waals surface area (Å²) in [4.78, 5) is 14.5. The molecular formula is C15H19ClN2O. The molecule has 2 fully saturated rings. The zero-order valence-electron chi connectivity index (χ0n) is 11.1. The Balaban J connectivity index is 1.81. The monoisotopic (exact) mass is 278 g/mol. The van der Waals surface area contributed by atoms with E-state index in [1.807, 2.05) is 30.0 Å². The van der Waals surface area contributed by atoms with Gasteiger partial charge in [0.05, 0.1) is 0 Å². The van der Waals surface area contributed by atoms with Crippen LogP contribution in [0.5, 0.6) is 0 Å². The van der Waals surface area contributed by atoms with Crippen LogP contribution in [0.2, 0.25) is 5.02 Å². The van der Waals surface area contributed by atoms with E-state index in [0.29, 0.717) is 16.9 Å². The second-order valence-corrected chi connectivity index (χ2v) is 6.19. The molecule has 3 atom stereocenters. The molecule has 1 aromatic carbocycles. The van der Waals surface area contributed by atoms with Gasteiger partial charge in [-0.3, -0.25) is 4.79 Å². The average Bonchev–Trinajstić information content (AvgIpc) is 2.95. The lowest BCUT2D eigenvalue weighted by Crippen LogP contribution is -2.33. The summed E-state index contributed by atoms with van der Waals surface area (Å²) in [5.74, 6) is 1.18. The predicted octanol–water partition coefficient (Wildman–Crippen LogP) is 2.46. The standard InChI is InChI=1S/C15H19ClN2O/c1-9-11(3-2-4-13(9)16)15(19)18-7-10-5-6-14(17)12(10)8-18/h2-4,10,12,14H,5-8,17H2,1H3. The molecule has 2 N–H and O–H groups in total. The number of halogens is 1. The Kier molecular flexibility index (Phi) is 3.27. The van der Waals surface area contributed by atoms with E-state index in [2.05, 4.69) is 0 Å². The minimum atomic E-state index is 0.0987. The van der Waals surface area contributed by atoms with Gasteiger partial charge in [-0.2, -0.15) is 0 Å². The molecule has 0 bridgehead atoms. The van der Waals surface area contributed by atoms with Crippen LogP contribution in [0.4, 0.5) is 0 Å². The summed E-state index contributed by atoms with van der Waals surface area (Å²) in [7, 11) is 0. The molecular weight excluding hydrogens is 260 g/mol. The van der Waals surface area contributed by atoms with Crippen molar-refractivity contribution in [1.29, 1.82) is 0 Å². The highest BCUT2D eigenvalue weighted by atomic mass is 35.5. The van der Waals surface area contributed by atoms with Gasteiger partial charge in [0.2, 0.25) is 0 Å². The molecule has 1 amide bonds. The Morgan fingerprint density at radius 3 is 2.89 bits per heavy atom. The molecule has 3 unspecified atom stereocenters. The molecule has 1 saturated heterocycles. The number of nitrogens with zero attached hydrogens (tertiary/aromatic N) is 1. The second kappa shape index (κ2) is 4.80. The molecule has 1 heterocycles. The summed E-state index contributed by atoms with van der Waals surface area (Å²) in [6.07, 6.45) is 2.26. The minimum Gasteiger partial charge on any atom is -0.338 e. The summed E-state index contributed by atoms with van der Waals surface area (Å²) in [6.45, 7) is 3.55. The van der Waals surface area contributed by atoms with Gasteiger partial charge in [-0.05, 0) is 49.3 Å². The Bertz CT molecular complexity index is 517. The number of nitrogens with two attached hydrogens (primary N) is 1. The van der Waals surface area contributed by atoms with Crippen molar-refractivity contribution in [1.82, 2.24) is 4.90 Å². The normalized spacial score (nSPS) is 29.6. The number of hydrogen-bond donors (Lipinski definition) is 1. The number of carbonyl (C=O) groups is 1. The minimum absolute atomic E-state index is 0.0987. The third-order valence-corrected chi connectivity index (χ3v) is 5.11. The maximum atomic E-state index is 12.6. The molecule has 1 aromatic rings. The Labute approximate surface area is 118 Å². The molecule has 0 spiro atoms. The van der Waals surface area contributed by atoms with Crippen molar-refractivity contribution in [3.8, 4) is 0 Å². The molecule has 3 rings (SSSR count). The van der Waals surface area contributed by atoms with E-state index in [0.717, 1.165) is 37.1 Å². The lowest BCUT2D eigenvalue weighted by atomic mass is 9.98. The van der Waals surface area contributed by atoms with E-state index in [4.69, 9.17) is 17.3 Å². The highest BCUT2D eigenvalue weighted by Crippen LogP contribution is 2.37. The zero-order valence-corrected chi connectivity index (χ0v) is 11.9. The SMILES string of the molecule is Cc1c(Cl)cccc1C(=O)N1CC2CCC(N)C2C1. The molecule has 2 aliphatic rings. The van der Waals surface area contributed by atoms with Crippen LogP contribution in [-0.2, 0) is 0 Å². The van der Waals surface area contributed by atoms with Gasteiger partial charge in [-0.1, -0.05) is 17.7 Å². The van der Waals surface area contributed by atoms with Crippen LogP contribution >= 0.6 is 11.6 Å². The van der Waals surface area contributed by atoms with E-state index in [1.54, 1.807) is 0 Å². The summed E-state index contributed by atoms with van der Waals surface area (Å²) >= 11 is 6.09.